The second-order valence-corrected chi connectivity index (χ2v) is 5.61. The second-order valence-electron chi connectivity index (χ2n) is 5.05. The number of pyridine rings is 1. The third-order valence-corrected chi connectivity index (χ3v) is 3.67. The molecule has 2 aromatic rings. The van der Waals surface area contributed by atoms with Crippen molar-refractivity contribution >= 4 is 27.4 Å². The van der Waals surface area contributed by atoms with Crippen molar-refractivity contribution in [3.8, 4) is 0 Å². The molecule has 0 aliphatic heterocycles. The maximum atomic E-state index is 4.72. The smallest absolute Gasteiger partial charge is 0.151 e. The van der Waals surface area contributed by atoms with Crippen LogP contribution in [0.1, 0.15) is 26.0 Å². The number of fused-ring (bicyclic) bond motifs is 1. The molecule has 2 rings (SSSR count). The van der Waals surface area contributed by atoms with Crippen LogP contribution in [0.25, 0.3) is 5.65 Å². The van der Waals surface area contributed by atoms with Gasteiger partial charge in [-0.1, -0.05) is 35.8 Å². The van der Waals surface area contributed by atoms with E-state index in [1.54, 1.807) is 0 Å². The van der Waals surface area contributed by atoms with Gasteiger partial charge in [-0.05, 0) is 24.5 Å². The summed E-state index contributed by atoms with van der Waals surface area (Å²) in [6.07, 6.45) is 3.25. The molecule has 0 aliphatic carbocycles. The normalized spacial score (nSPS) is 11.4. The van der Waals surface area contributed by atoms with Crippen LogP contribution in [-0.4, -0.2) is 23.0 Å². The van der Waals surface area contributed by atoms with Crippen LogP contribution >= 0.6 is 15.9 Å². The van der Waals surface area contributed by atoms with Crippen molar-refractivity contribution in [2.24, 2.45) is 5.92 Å². The fraction of sp³-hybridized carbons (Fsp3) is 0.500. The maximum absolute atomic E-state index is 4.72. The first-order valence-corrected chi connectivity index (χ1v) is 7.48. The Balaban J connectivity index is 2.31. The van der Waals surface area contributed by atoms with Gasteiger partial charge in [-0.25, -0.2) is 4.98 Å². The molecule has 2 aromatic heterocycles. The summed E-state index contributed by atoms with van der Waals surface area (Å²) in [4.78, 5) is 6.97. The summed E-state index contributed by atoms with van der Waals surface area (Å²) in [5.74, 6) is 1.80. The van der Waals surface area contributed by atoms with E-state index in [2.05, 4.69) is 52.3 Å². The fourth-order valence-corrected chi connectivity index (χ4v) is 2.54. The van der Waals surface area contributed by atoms with Crippen molar-refractivity contribution in [2.45, 2.75) is 25.6 Å². The minimum atomic E-state index is 0.719. The van der Waals surface area contributed by atoms with E-state index in [4.69, 9.17) is 4.98 Å². The number of aromatic nitrogens is 2. The maximum Gasteiger partial charge on any atom is 0.151 e. The zero-order chi connectivity index (χ0) is 13.1. The summed E-state index contributed by atoms with van der Waals surface area (Å²) >= 11 is 3.57. The highest BCUT2D eigenvalue weighted by molar-refractivity contribution is 9.08. The molecule has 0 amide bonds. The van der Waals surface area contributed by atoms with Crippen LogP contribution in [0.3, 0.4) is 0 Å². The van der Waals surface area contributed by atoms with E-state index in [1.807, 2.05) is 18.2 Å². The molecule has 0 saturated heterocycles. The number of hydrogen-bond acceptors (Lipinski definition) is 2. The van der Waals surface area contributed by atoms with E-state index >= 15 is 0 Å². The minimum Gasteiger partial charge on any atom is -0.358 e. The van der Waals surface area contributed by atoms with Gasteiger partial charge in [0.1, 0.15) is 5.65 Å². The minimum absolute atomic E-state index is 0.719. The largest absolute Gasteiger partial charge is 0.358 e. The Morgan fingerprint density at radius 1 is 1.39 bits per heavy atom. The van der Waals surface area contributed by atoms with Crippen LogP contribution in [0.4, 0.5) is 5.82 Å². The molecular formula is C14H20BrN3. The van der Waals surface area contributed by atoms with Crippen molar-refractivity contribution < 1.29 is 0 Å². The van der Waals surface area contributed by atoms with Gasteiger partial charge >= 0.3 is 0 Å². The number of anilines is 1. The third kappa shape index (κ3) is 2.69. The van der Waals surface area contributed by atoms with Gasteiger partial charge in [-0.3, -0.25) is 0 Å². The Hall–Kier alpha value is -1.03. The molecule has 2 heterocycles. The summed E-state index contributed by atoms with van der Waals surface area (Å²) < 4.78 is 2.15. The van der Waals surface area contributed by atoms with Gasteiger partial charge in [-0.2, -0.15) is 0 Å². The van der Waals surface area contributed by atoms with Gasteiger partial charge in [0, 0.05) is 25.1 Å². The van der Waals surface area contributed by atoms with Crippen molar-refractivity contribution in [3.05, 3.63) is 30.1 Å². The molecule has 3 nitrogen and oxygen atoms in total. The van der Waals surface area contributed by atoms with E-state index in [0.717, 1.165) is 29.3 Å². The first kappa shape index (κ1) is 13.4. The second kappa shape index (κ2) is 5.74. The Bertz CT molecular complexity index is 519. The molecule has 0 unspecified atom stereocenters. The van der Waals surface area contributed by atoms with Crippen LogP contribution in [0, 0.1) is 5.92 Å². The summed E-state index contributed by atoms with van der Waals surface area (Å²) in [7, 11) is 2.12. The topological polar surface area (TPSA) is 20.5 Å². The lowest BCUT2D eigenvalue weighted by Crippen LogP contribution is -2.21. The fourth-order valence-electron chi connectivity index (χ4n) is 2.02. The van der Waals surface area contributed by atoms with Gasteiger partial charge in [0.25, 0.3) is 0 Å². The number of imidazole rings is 1. The zero-order valence-electron chi connectivity index (χ0n) is 11.2. The molecule has 0 N–H and O–H groups in total. The van der Waals surface area contributed by atoms with E-state index < -0.39 is 0 Å². The molecule has 0 aromatic carbocycles. The summed E-state index contributed by atoms with van der Waals surface area (Å²) in [5, 5.41) is 0.819. The Labute approximate surface area is 117 Å². The summed E-state index contributed by atoms with van der Waals surface area (Å²) in [6, 6.07) is 6.11. The molecule has 18 heavy (non-hydrogen) atoms. The average Bonchev–Trinajstić information content (AvgIpc) is 2.74. The third-order valence-electron chi connectivity index (χ3n) is 3.14. The van der Waals surface area contributed by atoms with E-state index in [0.29, 0.717) is 0 Å². The van der Waals surface area contributed by atoms with Gasteiger partial charge in [0.15, 0.2) is 5.82 Å². The molecule has 98 valence electrons. The van der Waals surface area contributed by atoms with E-state index in [1.165, 1.54) is 12.1 Å². The predicted molar refractivity (Wildman–Crippen MR) is 80.5 cm³/mol. The standard InChI is InChI=1S/C14H20BrN3/c1-11(2)7-9-17(3)14-12(10-15)18-8-5-4-6-13(18)16-14/h4-6,8,11H,7,9-10H2,1-3H3. The van der Waals surface area contributed by atoms with Gasteiger partial charge < -0.3 is 9.30 Å². The van der Waals surface area contributed by atoms with Crippen molar-refractivity contribution in [1.82, 2.24) is 9.38 Å². The van der Waals surface area contributed by atoms with Crippen LogP contribution in [0.5, 0.6) is 0 Å². The molecule has 0 radical (unpaired) electrons. The van der Waals surface area contributed by atoms with Crippen LogP contribution in [0.15, 0.2) is 24.4 Å². The Kier molecular flexibility index (Phi) is 4.27. The molecule has 4 heteroatoms. The first-order chi connectivity index (χ1) is 8.63. The van der Waals surface area contributed by atoms with Gasteiger partial charge in [0.05, 0.1) is 5.69 Å². The molecule has 0 atom stereocenters. The molecule has 0 aliphatic rings. The predicted octanol–water partition coefficient (Wildman–Crippen LogP) is 3.71. The first-order valence-electron chi connectivity index (χ1n) is 6.36. The van der Waals surface area contributed by atoms with E-state index in [9.17, 15) is 0 Å². The Morgan fingerprint density at radius 3 is 2.83 bits per heavy atom. The molecule has 0 spiro atoms. The monoisotopic (exact) mass is 309 g/mol. The summed E-state index contributed by atoms with van der Waals surface area (Å²) in [5.41, 5.74) is 2.23. The quantitative estimate of drug-likeness (QED) is 0.785. The SMILES string of the molecule is CC(C)CCN(C)c1nc2ccccn2c1CBr. The summed E-state index contributed by atoms with van der Waals surface area (Å²) in [6.45, 7) is 5.55. The Morgan fingerprint density at radius 2 is 2.17 bits per heavy atom. The zero-order valence-corrected chi connectivity index (χ0v) is 12.8. The van der Waals surface area contributed by atoms with E-state index in [-0.39, 0.29) is 0 Å². The lowest BCUT2D eigenvalue weighted by Gasteiger charge is -2.19. The number of rotatable bonds is 5. The molecular weight excluding hydrogens is 290 g/mol. The lowest BCUT2D eigenvalue weighted by atomic mass is 10.1. The van der Waals surface area contributed by atoms with Gasteiger partial charge in [0.2, 0.25) is 0 Å². The highest BCUT2D eigenvalue weighted by Gasteiger charge is 2.14. The molecule has 0 saturated carbocycles. The molecule has 0 fully saturated rings. The average molecular weight is 310 g/mol. The lowest BCUT2D eigenvalue weighted by molar-refractivity contribution is 0.583. The number of hydrogen-bond donors (Lipinski definition) is 0. The highest BCUT2D eigenvalue weighted by Crippen LogP contribution is 2.23. The van der Waals surface area contributed by atoms with Crippen molar-refractivity contribution in [1.29, 1.82) is 0 Å². The number of alkyl halides is 1. The number of nitrogens with zero attached hydrogens (tertiary/aromatic N) is 3. The van der Waals surface area contributed by atoms with Crippen molar-refractivity contribution in [3.63, 3.8) is 0 Å². The van der Waals surface area contributed by atoms with Gasteiger partial charge in [-0.15, -0.1) is 0 Å². The van der Waals surface area contributed by atoms with Crippen LogP contribution in [-0.2, 0) is 5.33 Å². The van der Waals surface area contributed by atoms with Crippen LogP contribution in [0.2, 0.25) is 0 Å². The molecule has 0 bridgehead atoms. The number of halogens is 1. The highest BCUT2D eigenvalue weighted by atomic mass is 79.9. The van der Waals surface area contributed by atoms with Crippen LogP contribution < -0.4 is 4.90 Å². The van der Waals surface area contributed by atoms with Crippen molar-refractivity contribution in [2.75, 3.05) is 18.5 Å².